The number of nitrogens with one attached hydrogen (secondary N) is 1. The van der Waals surface area contributed by atoms with Crippen molar-refractivity contribution in [2.45, 2.75) is 13.3 Å². The van der Waals surface area contributed by atoms with Crippen LogP contribution in [0.25, 0.3) is 15.3 Å². The van der Waals surface area contributed by atoms with E-state index < -0.39 is 5.97 Å². The zero-order valence-corrected chi connectivity index (χ0v) is 21.5. The van der Waals surface area contributed by atoms with Crippen LogP contribution in [-0.2, 0) is 16.0 Å². The lowest BCUT2D eigenvalue weighted by Gasteiger charge is -2.10. The van der Waals surface area contributed by atoms with Crippen LogP contribution < -0.4 is 10.3 Å². The van der Waals surface area contributed by atoms with Gasteiger partial charge in [0.15, 0.2) is 5.75 Å². The number of aromatic nitrogens is 3. The van der Waals surface area contributed by atoms with Gasteiger partial charge in [-0.3, -0.25) is 14.7 Å². The minimum atomic E-state index is -0.498. The number of benzene rings is 3. The number of methoxy groups -OCH3 is 1. The van der Waals surface area contributed by atoms with Crippen LogP contribution in [0.5, 0.6) is 11.5 Å². The SMILES string of the molecule is COC(=O)Cc1[nH]n(-c2nc3ccccc3s2)c(=O)c1C(C)=Nc1cc(Cl)ccc1Oc1ccccc1. The molecular weight excluding hydrogens is 512 g/mol. The number of para-hydroxylation sites is 2. The van der Waals surface area contributed by atoms with Crippen molar-refractivity contribution in [2.24, 2.45) is 4.99 Å². The third-order valence-electron chi connectivity index (χ3n) is 5.53. The Hall–Kier alpha value is -4.21. The molecule has 186 valence electrons. The van der Waals surface area contributed by atoms with E-state index in [2.05, 4.69) is 10.1 Å². The molecule has 0 fully saturated rings. The Labute approximate surface area is 220 Å². The topological polar surface area (TPSA) is 98.6 Å². The molecule has 2 heterocycles. The number of carbonyl (C=O) groups excluding carboxylic acids is 1. The van der Waals surface area contributed by atoms with Gasteiger partial charge < -0.3 is 9.47 Å². The maximum Gasteiger partial charge on any atom is 0.311 e. The van der Waals surface area contributed by atoms with Gasteiger partial charge in [-0.25, -0.2) is 9.98 Å². The minimum Gasteiger partial charge on any atom is -0.469 e. The number of esters is 1. The van der Waals surface area contributed by atoms with Crippen LogP contribution >= 0.6 is 22.9 Å². The molecule has 0 unspecified atom stereocenters. The molecule has 0 radical (unpaired) electrons. The molecule has 0 aliphatic rings. The van der Waals surface area contributed by atoms with Crippen LogP contribution in [-0.4, -0.2) is 33.6 Å². The Balaban J connectivity index is 1.61. The first-order valence-electron chi connectivity index (χ1n) is 11.3. The standard InChI is InChI=1S/C27H21ClN4O4S/c1-16(29-20-14-17(28)12-13-22(20)36-18-8-4-3-5-9-18)25-21(15-24(33)35-2)31-32(26(25)34)27-30-19-10-6-7-11-23(19)37-27/h3-14,31H,15H2,1-2H3. The van der Waals surface area contributed by atoms with Gasteiger partial charge in [-0.2, -0.15) is 4.68 Å². The monoisotopic (exact) mass is 532 g/mol. The molecular formula is C27H21ClN4O4S. The summed E-state index contributed by atoms with van der Waals surface area (Å²) < 4.78 is 13.1. The van der Waals surface area contributed by atoms with E-state index in [4.69, 9.17) is 26.1 Å². The lowest BCUT2D eigenvalue weighted by atomic mass is 10.1. The van der Waals surface area contributed by atoms with Crippen LogP contribution in [0.4, 0.5) is 5.69 Å². The van der Waals surface area contributed by atoms with Crippen molar-refractivity contribution in [3.63, 3.8) is 0 Å². The summed E-state index contributed by atoms with van der Waals surface area (Å²) >= 11 is 7.62. The summed E-state index contributed by atoms with van der Waals surface area (Å²) in [6.45, 7) is 1.70. The molecule has 5 aromatic rings. The summed E-state index contributed by atoms with van der Waals surface area (Å²) in [5, 5.41) is 3.95. The van der Waals surface area contributed by atoms with Crippen LogP contribution in [0.3, 0.4) is 0 Å². The van der Waals surface area contributed by atoms with E-state index in [1.165, 1.54) is 23.1 Å². The Morgan fingerprint density at radius 3 is 2.62 bits per heavy atom. The summed E-state index contributed by atoms with van der Waals surface area (Å²) in [5.74, 6) is 0.597. The Morgan fingerprint density at radius 1 is 1.11 bits per heavy atom. The molecule has 1 N–H and O–H groups in total. The summed E-state index contributed by atoms with van der Waals surface area (Å²) in [7, 11) is 1.30. The van der Waals surface area contributed by atoms with Crippen molar-refractivity contribution in [2.75, 3.05) is 7.11 Å². The number of fused-ring (bicyclic) bond motifs is 1. The Kier molecular flexibility index (Phi) is 6.89. The number of hydrogen-bond acceptors (Lipinski definition) is 7. The van der Waals surface area contributed by atoms with E-state index in [-0.39, 0.29) is 17.5 Å². The first-order chi connectivity index (χ1) is 17.9. The molecule has 0 aliphatic carbocycles. The maximum atomic E-state index is 13.6. The number of aromatic amines is 1. The number of carbonyl (C=O) groups is 1. The summed E-state index contributed by atoms with van der Waals surface area (Å²) in [4.78, 5) is 35.1. The molecule has 37 heavy (non-hydrogen) atoms. The highest BCUT2D eigenvalue weighted by Crippen LogP contribution is 2.35. The van der Waals surface area contributed by atoms with Crippen molar-refractivity contribution in [1.82, 2.24) is 14.8 Å². The van der Waals surface area contributed by atoms with Crippen LogP contribution in [0, 0.1) is 0 Å². The van der Waals surface area contributed by atoms with E-state index in [9.17, 15) is 9.59 Å². The Bertz CT molecular complexity index is 1650. The number of H-pyrrole nitrogens is 1. The summed E-state index contributed by atoms with van der Waals surface area (Å²) in [6.07, 6.45) is -0.144. The highest BCUT2D eigenvalue weighted by atomic mass is 35.5. The van der Waals surface area contributed by atoms with Crippen molar-refractivity contribution in [3.05, 3.63) is 99.4 Å². The van der Waals surface area contributed by atoms with Crippen molar-refractivity contribution >= 4 is 50.5 Å². The highest BCUT2D eigenvalue weighted by Gasteiger charge is 2.22. The van der Waals surface area contributed by atoms with Crippen LogP contribution in [0.2, 0.25) is 5.02 Å². The van der Waals surface area contributed by atoms with Gasteiger partial charge in [-0.05, 0) is 49.4 Å². The molecule has 0 aliphatic heterocycles. The average Bonchev–Trinajstić information content (AvgIpc) is 3.46. The third-order valence-corrected chi connectivity index (χ3v) is 6.79. The molecule has 0 saturated carbocycles. The number of ether oxygens (including phenoxy) is 2. The molecule has 0 saturated heterocycles. The zero-order chi connectivity index (χ0) is 25.9. The summed E-state index contributed by atoms with van der Waals surface area (Å²) in [5.41, 5.74) is 1.81. The first kappa shape index (κ1) is 24.5. The van der Waals surface area contributed by atoms with E-state index >= 15 is 0 Å². The largest absolute Gasteiger partial charge is 0.469 e. The molecule has 5 rings (SSSR count). The zero-order valence-electron chi connectivity index (χ0n) is 19.9. The van der Waals surface area contributed by atoms with Gasteiger partial charge in [0.25, 0.3) is 5.56 Å². The fourth-order valence-electron chi connectivity index (χ4n) is 3.81. The van der Waals surface area contributed by atoms with Gasteiger partial charge in [-0.1, -0.05) is 53.3 Å². The van der Waals surface area contributed by atoms with E-state index in [0.717, 1.165) is 10.2 Å². The van der Waals surface area contributed by atoms with Gasteiger partial charge in [-0.15, -0.1) is 0 Å². The molecule has 2 aromatic heterocycles. The predicted octanol–water partition coefficient (Wildman–Crippen LogP) is 6.08. The lowest BCUT2D eigenvalue weighted by molar-refractivity contribution is -0.139. The molecule has 0 amide bonds. The molecule has 8 nitrogen and oxygen atoms in total. The number of rotatable bonds is 7. The average molecular weight is 533 g/mol. The second-order valence-electron chi connectivity index (χ2n) is 8.05. The molecule has 0 atom stereocenters. The number of hydrogen-bond donors (Lipinski definition) is 1. The van der Waals surface area contributed by atoms with Gasteiger partial charge in [0, 0.05) is 5.02 Å². The highest BCUT2D eigenvalue weighted by molar-refractivity contribution is 7.20. The number of nitrogens with zero attached hydrogens (tertiary/aromatic N) is 3. The third kappa shape index (κ3) is 5.18. The Morgan fingerprint density at radius 2 is 1.86 bits per heavy atom. The second kappa shape index (κ2) is 10.4. The number of thiazole rings is 1. The van der Waals surface area contributed by atoms with Crippen molar-refractivity contribution < 1.29 is 14.3 Å². The van der Waals surface area contributed by atoms with E-state index in [1.54, 1.807) is 25.1 Å². The smallest absolute Gasteiger partial charge is 0.311 e. The van der Waals surface area contributed by atoms with Crippen LogP contribution in [0.1, 0.15) is 18.2 Å². The first-order valence-corrected chi connectivity index (χ1v) is 12.5. The maximum absolute atomic E-state index is 13.6. The van der Waals surface area contributed by atoms with E-state index in [1.807, 2.05) is 54.6 Å². The molecule has 10 heteroatoms. The van der Waals surface area contributed by atoms with Gasteiger partial charge in [0.1, 0.15) is 11.4 Å². The minimum absolute atomic E-state index is 0.144. The summed E-state index contributed by atoms with van der Waals surface area (Å²) in [6, 6.07) is 21.9. The normalized spacial score (nSPS) is 11.6. The van der Waals surface area contributed by atoms with E-state index in [0.29, 0.717) is 38.7 Å². The lowest BCUT2D eigenvalue weighted by Crippen LogP contribution is -2.20. The molecule has 0 spiro atoms. The number of halogens is 1. The fraction of sp³-hybridized carbons (Fsp3) is 0.111. The number of aliphatic imine (C=N–C) groups is 1. The fourth-order valence-corrected chi connectivity index (χ4v) is 4.90. The van der Waals surface area contributed by atoms with Gasteiger partial charge in [0.05, 0.1) is 40.7 Å². The predicted molar refractivity (Wildman–Crippen MR) is 145 cm³/mol. The van der Waals surface area contributed by atoms with Crippen molar-refractivity contribution in [1.29, 1.82) is 0 Å². The molecule has 3 aromatic carbocycles. The van der Waals surface area contributed by atoms with Crippen molar-refractivity contribution in [3.8, 4) is 16.6 Å². The molecule has 0 bridgehead atoms. The quantitative estimate of drug-likeness (QED) is 0.202. The van der Waals surface area contributed by atoms with Gasteiger partial charge in [0.2, 0.25) is 5.13 Å². The van der Waals surface area contributed by atoms with Gasteiger partial charge >= 0.3 is 5.97 Å². The van der Waals surface area contributed by atoms with Crippen LogP contribution in [0.15, 0.2) is 82.6 Å². The second-order valence-corrected chi connectivity index (χ2v) is 9.49.